The molecule has 0 aromatic heterocycles. The zero-order valence-corrected chi connectivity index (χ0v) is 6.75. The molecule has 2 nitrogen and oxygen atoms in total. The Morgan fingerprint density at radius 1 is 1.46 bits per heavy atom. The maximum absolute atomic E-state index is 13.1. The topological polar surface area (TPSA) is 33.0 Å². The van der Waals surface area contributed by atoms with Gasteiger partial charge in [-0.25, -0.2) is 4.39 Å². The van der Waals surface area contributed by atoms with Crippen LogP contribution in [0.1, 0.15) is 5.56 Å². The molecule has 0 unspecified atom stereocenters. The molecule has 0 aliphatic carbocycles. The van der Waals surface area contributed by atoms with E-state index in [1.807, 2.05) is 6.07 Å². The van der Waals surface area contributed by atoms with E-state index in [1.165, 1.54) is 12.1 Å². The maximum atomic E-state index is 13.1. The predicted molar refractivity (Wildman–Crippen MR) is 45.5 cm³/mol. The minimum atomic E-state index is -0.357. The summed E-state index contributed by atoms with van der Waals surface area (Å²) < 4.78 is 18.3. The first-order chi connectivity index (χ1) is 6.31. The number of halogens is 1. The summed E-state index contributed by atoms with van der Waals surface area (Å²) in [5.74, 6) is 0.143. The number of hydrogen-bond donors (Lipinski definition) is 0. The Morgan fingerprint density at radius 3 is 3.08 bits per heavy atom. The number of nitriles is 1. The van der Waals surface area contributed by atoms with Crippen LogP contribution in [0.3, 0.4) is 0 Å². The fraction of sp³-hybridized carbons (Fsp3) is 0.100. The van der Waals surface area contributed by atoms with E-state index in [0.29, 0.717) is 16.9 Å². The van der Waals surface area contributed by atoms with E-state index in [9.17, 15) is 4.39 Å². The number of fused-ring (bicyclic) bond motifs is 1. The van der Waals surface area contributed by atoms with E-state index in [2.05, 4.69) is 0 Å². The van der Waals surface area contributed by atoms with Gasteiger partial charge in [0.2, 0.25) is 0 Å². The molecule has 1 heterocycles. The highest BCUT2D eigenvalue weighted by atomic mass is 19.1. The molecule has 1 aromatic rings. The molecule has 1 aliphatic rings. The fourth-order valence-electron chi connectivity index (χ4n) is 1.22. The molecule has 0 amide bonds. The molecule has 13 heavy (non-hydrogen) atoms. The van der Waals surface area contributed by atoms with Crippen LogP contribution in [-0.2, 0) is 0 Å². The van der Waals surface area contributed by atoms with Crippen LogP contribution in [0.5, 0.6) is 5.75 Å². The quantitative estimate of drug-likeness (QED) is 0.605. The zero-order valence-electron chi connectivity index (χ0n) is 6.75. The average Bonchev–Trinajstić information content (AvgIpc) is 2.18. The Bertz CT molecular complexity index is 417. The Hall–Kier alpha value is -1.82. The number of rotatable bonds is 0. The highest BCUT2D eigenvalue weighted by molar-refractivity contribution is 5.65. The number of ether oxygens (including phenoxy) is 1. The summed E-state index contributed by atoms with van der Waals surface area (Å²) in [6.45, 7) is 0.229. The molecule has 0 saturated carbocycles. The van der Waals surface area contributed by atoms with E-state index in [1.54, 1.807) is 12.1 Å². The van der Waals surface area contributed by atoms with Crippen LogP contribution in [0.15, 0.2) is 23.8 Å². The van der Waals surface area contributed by atoms with Crippen molar-refractivity contribution in [2.45, 2.75) is 0 Å². The van der Waals surface area contributed by atoms with E-state index in [-0.39, 0.29) is 12.4 Å². The lowest BCUT2D eigenvalue weighted by molar-refractivity contribution is 0.349. The van der Waals surface area contributed by atoms with Crippen molar-refractivity contribution in [2.24, 2.45) is 0 Å². The van der Waals surface area contributed by atoms with Gasteiger partial charge < -0.3 is 4.74 Å². The van der Waals surface area contributed by atoms with Gasteiger partial charge in [0, 0.05) is 0 Å². The number of hydrogen-bond acceptors (Lipinski definition) is 2. The molecule has 0 bridgehead atoms. The number of benzene rings is 1. The van der Waals surface area contributed by atoms with Crippen LogP contribution in [0.25, 0.3) is 6.08 Å². The van der Waals surface area contributed by atoms with Gasteiger partial charge in [0.25, 0.3) is 0 Å². The SMILES string of the molecule is N#CC1=Cc2c(F)cccc2OC1. The lowest BCUT2D eigenvalue weighted by Gasteiger charge is -2.14. The van der Waals surface area contributed by atoms with Crippen molar-refractivity contribution in [3.8, 4) is 11.8 Å². The normalized spacial score (nSPS) is 13.7. The molecular weight excluding hydrogens is 169 g/mol. The molecule has 0 saturated heterocycles. The minimum Gasteiger partial charge on any atom is -0.487 e. The molecule has 0 spiro atoms. The first-order valence-corrected chi connectivity index (χ1v) is 3.83. The number of nitrogens with zero attached hydrogens (tertiary/aromatic N) is 1. The second-order valence-corrected chi connectivity index (χ2v) is 2.72. The molecule has 3 heteroatoms. The third-order valence-electron chi connectivity index (χ3n) is 1.86. The van der Waals surface area contributed by atoms with Gasteiger partial charge in [-0.05, 0) is 18.2 Å². The van der Waals surface area contributed by atoms with Crippen molar-refractivity contribution in [3.05, 3.63) is 35.2 Å². The lowest BCUT2D eigenvalue weighted by atomic mass is 10.1. The van der Waals surface area contributed by atoms with Crippen LogP contribution in [-0.4, -0.2) is 6.61 Å². The van der Waals surface area contributed by atoms with Crippen molar-refractivity contribution in [1.29, 1.82) is 5.26 Å². The van der Waals surface area contributed by atoms with Gasteiger partial charge >= 0.3 is 0 Å². The van der Waals surface area contributed by atoms with Crippen LogP contribution in [0, 0.1) is 17.1 Å². The van der Waals surface area contributed by atoms with Crippen molar-refractivity contribution in [3.63, 3.8) is 0 Å². The van der Waals surface area contributed by atoms with Gasteiger partial charge in [0.1, 0.15) is 18.2 Å². The standard InChI is InChI=1S/C10H6FNO/c11-9-2-1-3-10-8(9)4-7(5-12)6-13-10/h1-4H,6H2. The van der Waals surface area contributed by atoms with E-state index in [0.717, 1.165) is 0 Å². The van der Waals surface area contributed by atoms with Gasteiger partial charge in [0.15, 0.2) is 0 Å². The molecule has 2 rings (SSSR count). The summed E-state index contributed by atoms with van der Waals surface area (Å²) in [6, 6.07) is 6.55. The fourth-order valence-corrected chi connectivity index (χ4v) is 1.22. The minimum absolute atomic E-state index is 0.229. The first-order valence-electron chi connectivity index (χ1n) is 3.83. The molecule has 0 fully saturated rings. The van der Waals surface area contributed by atoms with Crippen molar-refractivity contribution in [2.75, 3.05) is 6.61 Å². The summed E-state index contributed by atoms with van der Waals surface area (Å²) in [5, 5.41) is 8.59. The Balaban J connectivity index is 2.57. The summed E-state index contributed by atoms with van der Waals surface area (Å²) in [7, 11) is 0. The van der Waals surface area contributed by atoms with Crippen LogP contribution >= 0.6 is 0 Å². The van der Waals surface area contributed by atoms with Crippen LogP contribution < -0.4 is 4.74 Å². The monoisotopic (exact) mass is 175 g/mol. The van der Waals surface area contributed by atoms with E-state index >= 15 is 0 Å². The van der Waals surface area contributed by atoms with Crippen LogP contribution in [0.2, 0.25) is 0 Å². The molecule has 0 atom stereocenters. The first kappa shape index (κ1) is 7.81. The lowest BCUT2D eigenvalue weighted by Crippen LogP contribution is -2.06. The smallest absolute Gasteiger partial charge is 0.134 e. The second-order valence-electron chi connectivity index (χ2n) is 2.72. The third-order valence-corrected chi connectivity index (χ3v) is 1.86. The van der Waals surface area contributed by atoms with Crippen molar-refractivity contribution < 1.29 is 9.13 Å². The molecule has 0 radical (unpaired) electrons. The van der Waals surface area contributed by atoms with Crippen LogP contribution in [0.4, 0.5) is 4.39 Å². The maximum Gasteiger partial charge on any atom is 0.134 e. The van der Waals surface area contributed by atoms with Gasteiger partial charge in [-0.1, -0.05) is 6.07 Å². The van der Waals surface area contributed by atoms with Gasteiger partial charge in [-0.3, -0.25) is 0 Å². The summed E-state index contributed by atoms with van der Waals surface area (Å²) in [5.41, 5.74) is 0.808. The summed E-state index contributed by atoms with van der Waals surface area (Å²) in [4.78, 5) is 0. The van der Waals surface area contributed by atoms with Crippen molar-refractivity contribution in [1.82, 2.24) is 0 Å². The molecule has 1 aliphatic heterocycles. The third kappa shape index (κ3) is 1.27. The summed E-state index contributed by atoms with van der Waals surface area (Å²) >= 11 is 0. The predicted octanol–water partition coefficient (Wildman–Crippen LogP) is 2.13. The van der Waals surface area contributed by atoms with Gasteiger partial charge in [0.05, 0.1) is 17.2 Å². The Morgan fingerprint density at radius 2 is 2.31 bits per heavy atom. The van der Waals surface area contributed by atoms with E-state index in [4.69, 9.17) is 10.00 Å². The largest absolute Gasteiger partial charge is 0.487 e. The molecule has 1 aromatic carbocycles. The summed E-state index contributed by atoms with van der Waals surface area (Å²) in [6.07, 6.45) is 1.52. The Kier molecular flexibility index (Phi) is 1.75. The van der Waals surface area contributed by atoms with Gasteiger partial charge in [-0.15, -0.1) is 0 Å². The zero-order chi connectivity index (χ0) is 9.26. The molecule has 0 N–H and O–H groups in total. The van der Waals surface area contributed by atoms with Crippen molar-refractivity contribution >= 4 is 6.08 Å². The van der Waals surface area contributed by atoms with Gasteiger partial charge in [-0.2, -0.15) is 5.26 Å². The average molecular weight is 175 g/mol. The molecular formula is C10H6FNO. The molecule has 64 valence electrons. The Labute approximate surface area is 74.9 Å². The highest BCUT2D eigenvalue weighted by Crippen LogP contribution is 2.27. The van der Waals surface area contributed by atoms with E-state index < -0.39 is 0 Å². The highest BCUT2D eigenvalue weighted by Gasteiger charge is 2.13. The second kappa shape index (κ2) is 2.91.